The van der Waals surface area contributed by atoms with Crippen LogP contribution in [0.25, 0.3) is 11.0 Å². The van der Waals surface area contributed by atoms with E-state index < -0.39 is 6.10 Å². The van der Waals surface area contributed by atoms with Crippen LogP contribution in [0.2, 0.25) is 0 Å². The molecule has 0 bridgehead atoms. The predicted octanol–water partition coefficient (Wildman–Crippen LogP) is 3.00. The second-order valence-corrected chi connectivity index (χ2v) is 5.93. The van der Waals surface area contributed by atoms with Crippen molar-refractivity contribution in [3.05, 3.63) is 65.9 Å². The number of aliphatic hydroxyl groups is 1. The lowest BCUT2D eigenvalue weighted by atomic mass is 10.0. The fraction of sp³-hybridized carbons (Fsp3) is 0.263. The molecule has 124 valence electrons. The highest BCUT2D eigenvalue weighted by Gasteiger charge is 2.16. The molecule has 0 fully saturated rings. The highest BCUT2D eigenvalue weighted by molar-refractivity contribution is 5.86. The highest BCUT2D eigenvalue weighted by Crippen LogP contribution is 2.19. The van der Waals surface area contributed by atoms with Crippen molar-refractivity contribution in [2.75, 3.05) is 0 Å². The minimum Gasteiger partial charge on any atom is -0.388 e. The van der Waals surface area contributed by atoms with E-state index in [1.54, 1.807) is 0 Å². The third kappa shape index (κ3) is 3.81. The zero-order chi connectivity index (χ0) is 16.9. The number of aliphatic hydroxyl groups excluding tert-OH is 1. The topological polar surface area (TPSA) is 75.4 Å². The van der Waals surface area contributed by atoms with Crippen LogP contribution in [-0.4, -0.2) is 22.2 Å². The smallest absolute Gasteiger partial charge is 0.226 e. The van der Waals surface area contributed by atoms with Crippen LogP contribution in [0.5, 0.6) is 0 Å². The van der Waals surface area contributed by atoms with Gasteiger partial charge in [-0.1, -0.05) is 47.6 Å². The Kier molecular flexibility index (Phi) is 4.91. The summed E-state index contributed by atoms with van der Waals surface area (Å²) in [5.74, 6) is -0.137. The third-order valence-electron chi connectivity index (χ3n) is 3.95. The molecule has 1 amide bonds. The molecule has 5 nitrogen and oxygen atoms in total. The Morgan fingerprint density at radius 3 is 2.67 bits per heavy atom. The Morgan fingerprint density at radius 1 is 1.17 bits per heavy atom. The molecule has 2 unspecified atom stereocenters. The van der Waals surface area contributed by atoms with E-state index in [0.29, 0.717) is 17.7 Å². The minimum atomic E-state index is -0.602. The summed E-state index contributed by atoms with van der Waals surface area (Å²) >= 11 is 0. The molecule has 0 aliphatic rings. The van der Waals surface area contributed by atoms with E-state index >= 15 is 0 Å². The number of aromatic nitrogens is 1. The van der Waals surface area contributed by atoms with Gasteiger partial charge in [-0.3, -0.25) is 4.79 Å². The lowest BCUT2D eigenvalue weighted by molar-refractivity contribution is -0.121. The van der Waals surface area contributed by atoms with Gasteiger partial charge in [0.25, 0.3) is 0 Å². The number of rotatable bonds is 6. The SMILES string of the molecule is CC(CC(O)c1ccccc1)NC(=O)Cc1noc2ccccc12. The molecule has 3 rings (SSSR count). The lowest BCUT2D eigenvalue weighted by Crippen LogP contribution is -2.34. The molecule has 1 heterocycles. The van der Waals surface area contributed by atoms with E-state index in [9.17, 15) is 9.90 Å². The Hall–Kier alpha value is -2.66. The lowest BCUT2D eigenvalue weighted by Gasteiger charge is -2.18. The maximum absolute atomic E-state index is 12.2. The highest BCUT2D eigenvalue weighted by atomic mass is 16.5. The Bertz CT molecular complexity index is 814. The van der Waals surface area contributed by atoms with Gasteiger partial charge < -0.3 is 14.9 Å². The van der Waals surface area contributed by atoms with Gasteiger partial charge in [0.1, 0.15) is 5.69 Å². The van der Waals surface area contributed by atoms with Crippen LogP contribution in [0.1, 0.15) is 30.7 Å². The van der Waals surface area contributed by atoms with Crippen molar-refractivity contribution in [2.45, 2.75) is 31.9 Å². The predicted molar refractivity (Wildman–Crippen MR) is 91.3 cm³/mol. The molecule has 0 spiro atoms. The number of carbonyl (C=O) groups is 1. The second kappa shape index (κ2) is 7.27. The first-order valence-corrected chi connectivity index (χ1v) is 7.99. The van der Waals surface area contributed by atoms with E-state index in [4.69, 9.17) is 4.52 Å². The quantitative estimate of drug-likeness (QED) is 0.731. The van der Waals surface area contributed by atoms with Crippen LogP contribution in [0, 0.1) is 0 Å². The monoisotopic (exact) mass is 324 g/mol. The largest absolute Gasteiger partial charge is 0.388 e. The molecular formula is C19H20N2O3. The van der Waals surface area contributed by atoms with Crippen LogP contribution >= 0.6 is 0 Å². The maximum atomic E-state index is 12.2. The van der Waals surface area contributed by atoms with Crippen LogP contribution < -0.4 is 5.32 Å². The van der Waals surface area contributed by atoms with Crippen LogP contribution in [0.3, 0.4) is 0 Å². The molecule has 2 aromatic carbocycles. The summed E-state index contributed by atoms with van der Waals surface area (Å²) in [6.07, 6.45) is 0.00680. The van der Waals surface area contributed by atoms with Gasteiger partial charge in [-0.05, 0) is 31.0 Å². The first-order chi connectivity index (χ1) is 11.6. The van der Waals surface area contributed by atoms with Gasteiger partial charge in [-0.15, -0.1) is 0 Å². The number of hydrogen-bond donors (Lipinski definition) is 2. The molecule has 0 saturated heterocycles. The summed E-state index contributed by atoms with van der Waals surface area (Å²) in [5, 5.41) is 17.9. The molecule has 24 heavy (non-hydrogen) atoms. The van der Waals surface area contributed by atoms with Gasteiger partial charge in [0.15, 0.2) is 5.58 Å². The molecule has 5 heteroatoms. The van der Waals surface area contributed by atoms with Crippen LogP contribution in [-0.2, 0) is 11.2 Å². The summed E-state index contributed by atoms with van der Waals surface area (Å²) in [6.45, 7) is 1.88. The number of nitrogens with zero attached hydrogens (tertiary/aromatic N) is 1. The molecule has 2 N–H and O–H groups in total. The standard InChI is InChI=1S/C19H20N2O3/c1-13(11-17(22)14-7-3-2-4-8-14)20-19(23)12-16-15-9-5-6-10-18(15)24-21-16/h2-10,13,17,22H,11-12H2,1H3,(H,20,23). The van der Waals surface area contributed by atoms with Gasteiger partial charge >= 0.3 is 0 Å². The number of benzene rings is 2. The molecule has 0 aliphatic heterocycles. The number of hydrogen-bond acceptors (Lipinski definition) is 4. The average molecular weight is 324 g/mol. The van der Waals surface area contributed by atoms with Crippen LogP contribution in [0.4, 0.5) is 0 Å². The van der Waals surface area contributed by atoms with Crippen molar-refractivity contribution < 1.29 is 14.4 Å². The van der Waals surface area contributed by atoms with Gasteiger partial charge in [0.2, 0.25) is 5.91 Å². The Balaban J connectivity index is 1.56. The number of amides is 1. The molecular weight excluding hydrogens is 304 g/mol. The van der Waals surface area contributed by atoms with Crippen molar-refractivity contribution in [1.82, 2.24) is 10.5 Å². The van der Waals surface area contributed by atoms with Crippen molar-refractivity contribution >= 4 is 16.9 Å². The minimum absolute atomic E-state index is 0.137. The first kappa shape index (κ1) is 16.2. The van der Waals surface area contributed by atoms with Gasteiger partial charge in [0, 0.05) is 11.4 Å². The van der Waals surface area contributed by atoms with Crippen molar-refractivity contribution in [2.24, 2.45) is 0 Å². The number of para-hydroxylation sites is 1. The third-order valence-corrected chi connectivity index (χ3v) is 3.95. The van der Waals surface area contributed by atoms with E-state index in [0.717, 1.165) is 10.9 Å². The number of carbonyl (C=O) groups excluding carboxylic acids is 1. The summed E-state index contributed by atoms with van der Waals surface area (Å²) in [6, 6.07) is 16.7. The fourth-order valence-corrected chi connectivity index (χ4v) is 2.75. The first-order valence-electron chi connectivity index (χ1n) is 7.99. The number of nitrogens with one attached hydrogen (secondary N) is 1. The molecule has 2 atom stereocenters. The van der Waals surface area contributed by atoms with E-state index in [1.165, 1.54) is 0 Å². The Labute approximate surface area is 140 Å². The maximum Gasteiger partial charge on any atom is 0.226 e. The molecule has 0 radical (unpaired) electrons. The zero-order valence-electron chi connectivity index (χ0n) is 13.5. The van der Waals surface area contributed by atoms with E-state index in [-0.39, 0.29) is 18.4 Å². The second-order valence-electron chi connectivity index (χ2n) is 5.93. The summed E-state index contributed by atoms with van der Waals surface area (Å²) in [5.41, 5.74) is 2.15. The summed E-state index contributed by atoms with van der Waals surface area (Å²) in [7, 11) is 0. The molecule has 1 aromatic heterocycles. The van der Waals surface area contributed by atoms with Crippen molar-refractivity contribution in [3.8, 4) is 0 Å². The van der Waals surface area contributed by atoms with Crippen molar-refractivity contribution in [1.29, 1.82) is 0 Å². The zero-order valence-corrected chi connectivity index (χ0v) is 13.5. The summed E-state index contributed by atoms with van der Waals surface area (Å²) < 4.78 is 5.21. The normalized spacial score (nSPS) is 13.6. The van der Waals surface area contributed by atoms with Crippen LogP contribution in [0.15, 0.2) is 59.1 Å². The molecule has 3 aromatic rings. The molecule has 0 aliphatic carbocycles. The van der Waals surface area contributed by atoms with Gasteiger partial charge in [-0.2, -0.15) is 0 Å². The van der Waals surface area contributed by atoms with Gasteiger partial charge in [-0.25, -0.2) is 0 Å². The van der Waals surface area contributed by atoms with Crippen molar-refractivity contribution in [3.63, 3.8) is 0 Å². The van der Waals surface area contributed by atoms with Gasteiger partial charge in [0.05, 0.1) is 12.5 Å². The average Bonchev–Trinajstić information content (AvgIpc) is 2.98. The Morgan fingerprint density at radius 2 is 1.88 bits per heavy atom. The number of fused-ring (bicyclic) bond motifs is 1. The van der Waals surface area contributed by atoms with E-state index in [2.05, 4.69) is 10.5 Å². The molecule has 0 saturated carbocycles. The summed E-state index contributed by atoms with van der Waals surface area (Å²) in [4.78, 5) is 12.2. The fourth-order valence-electron chi connectivity index (χ4n) is 2.75. The van der Waals surface area contributed by atoms with E-state index in [1.807, 2.05) is 61.5 Å².